The van der Waals surface area contributed by atoms with Gasteiger partial charge in [0.2, 0.25) is 0 Å². The summed E-state index contributed by atoms with van der Waals surface area (Å²) in [7, 11) is 2.00. The number of fused-ring (bicyclic) bond motifs is 1. The lowest BCUT2D eigenvalue weighted by Gasteiger charge is -2.60. The highest BCUT2D eigenvalue weighted by Crippen LogP contribution is 2.77. The fourth-order valence-electron chi connectivity index (χ4n) is 4.29. The number of carbonyl (C=O) groups is 2. The van der Waals surface area contributed by atoms with Gasteiger partial charge in [0.15, 0.2) is 0 Å². The van der Waals surface area contributed by atoms with E-state index in [1.54, 1.807) is 0 Å². The Kier molecular flexibility index (Phi) is 5.20. The molecule has 1 saturated heterocycles. The van der Waals surface area contributed by atoms with Gasteiger partial charge >= 0.3 is 24.2 Å². The number of alkyl halides is 6. The number of rotatable bonds is 2. The zero-order chi connectivity index (χ0) is 20.7. The van der Waals surface area contributed by atoms with E-state index < -0.39 is 56.5 Å². The van der Waals surface area contributed by atoms with E-state index in [-0.39, 0.29) is 8.96 Å². The van der Waals surface area contributed by atoms with Crippen LogP contribution in [0, 0.1) is 23.7 Å². The van der Waals surface area contributed by atoms with E-state index in [1.165, 1.54) is 0 Å². The van der Waals surface area contributed by atoms with Crippen LogP contribution in [-0.4, -0.2) is 47.0 Å². The Hall–Kier alpha value is 0.280. The molecule has 4 rings (SSSR count). The Morgan fingerprint density at radius 3 is 1.41 bits per heavy atom. The first kappa shape index (κ1) is 22.0. The van der Waals surface area contributed by atoms with Crippen LogP contribution in [0.25, 0.3) is 0 Å². The van der Waals surface area contributed by atoms with Gasteiger partial charge in [0.1, 0.15) is 0 Å². The molecule has 1 saturated carbocycles. The Morgan fingerprint density at radius 2 is 1.15 bits per heavy atom. The summed E-state index contributed by atoms with van der Waals surface area (Å²) in [5.74, 6) is -9.75. The lowest BCUT2D eigenvalue weighted by Crippen LogP contribution is -2.72. The molecule has 1 aliphatic heterocycles. The standard InChI is InChI=1S/C14H10Br4F4O5/c1-25-9(23)3-4(10(24)26-2)12(18)6-5(11(3,17)7(15)8(12)16)13(19,20)27-14(6,21)22/h3-6H,1-2H3. The molecule has 0 radical (unpaired) electrons. The Bertz CT molecular complexity index is 702. The number of ether oxygens (including phenoxy) is 3. The quantitative estimate of drug-likeness (QED) is 0.253. The zero-order valence-electron chi connectivity index (χ0n) is 13.4. The molecule has 0 amide bonds. The molecule has 3 aliphatic carbocycles. The molecule has 0 N–H and O–H groups in total. The van der Waals surface area contributed by atoms with Gasteiger partial charge in [-0.1, -0.05) is 63.7 Å². The van der Waals surface area contributed by atoms with E-state index >= 15 is 0 Å². The highest BCUT2D eigenvalue weighted by Gasteiger charge is 2.87. The highest BCUT2D eigenvalue weighted by atomic mass is 79.9. The zero-order valence-corrected chi connectivity index (χ0v) is 19.7. The molecule has 2 fully saturated rings. The van der Waals surface area contributed by atoms with E-state index in [0.717, 1.165) is 14.2 Å². The molecule has 0 aromatic carbocycles. The highest BCUT2D eigenvalue weighted by molar-refractivity contribution is 9.16. The molecular weight excluding hydrogens is 644 g/mol. The molecular formula is C14H10Br4F4O5. The lowest BCUT2D eigenvalue weighted by molar-refractivity contribution is -0.341. The molecule has 152 valence electrons. The third-order valence-electron chi connectivity index (χ3n) is 5.25. The first-order valence-corrected chi connectivity index (χ1v) is 10.5. The minimum Gasteiger partial charge on any atom is -0.469 e. The fraction of sp³-hybridized carbons (Fsp3) is 0.714. The van der Waals surface area contributed by atoms with Crippen molar-refractivity contribution in [2.75, 3.05) is 14.2 Å². The number of hydrogen-bond acceptors (Lipinski definition) is 5. The van der Waals surface area contributed by atoms with Gasteiger partial charge in [-0.05, 0) is 0 Å². The van der Waals surface area contributed by atoms with E-state index in [4.69, 9.17) is 9.47 Å². The van der Waals surface area contributed by atoms with Crippen LogP contribution >= 0.6 is 63.7 Å². The normalized spacial score (nSPS) is 44.1. The van der Waals surface area contributed by atoms with Crippen LogP contribution in [0.15, 0.2) is 8.96 Å². The average molecular weight is 654 g/mol. The second kappa shape index (κ2) is 6.39. The van der Waals surface area contributed by atoms with E-state index in [0.29, 0.717) is 0 Å². The van der Waals surface area contributed by atoms with Crippen molar-refractivity contribution in [2.45, 2.75) is 20.9 Å². The van der Waals surface area contributed by atoms with Crippen molar-refractivity contribution in [3.63, 3.8) is 0 Å². The van der Waals surface area contributed by atoms with Crippen molar-refractivity contribution in [1.29, 1.82) is 0 Å². The van der Waals surface area contributed by atoms with Crippen molar-refractivity contribution in [2.24, 2.45) is 23.7 Å². The van der Waals surface area contributed by atoms with Gasteiger partial charge < -0.3 is 9.47 Å². The van der Waals surface area contributed by atoms with Crippen LogP contribution in [-0.2, 0) is 23.8 Å². The van der Waals surface area contributed by atoms with Crippen LogP contribution in [0.2, 0.25) is 0 Å². The van der Waals surface area contributed by atoms with Crippen molar-refractivity contribution < 1.29 is 41.4 Å². The predicted molar refractivity (Wildman–Crippen MR) is 97.2 cm³/mol. The molecule has 4 aliphatic rings. The monoisotopic (exact) mass is 650 g/mol. The molecule has 0 spiro atoms. The summed E-state index contributed by atoms with van der Waals surface area (Å²) in [6, 6.07) is 0. The average Bonchev–Trinajstić information content (AvgIpc) is 2.78. The van der Waals surface area contributed by atoms with Gasteiger partial charge in [-0.25, -0.2) is 0 Å². The van der Waals surface area contributed by atoms with E-state index in [2.05, 4.69) is 68.5 Å². The van der Waals surface area contributed by atoms with Crippen LogP contribution in [0.5, 0.6) is 0 Å². The summed E-state index contributed by atoms with van der Waals surface area (Å²) in [5.41, 5.74) is 0. The maximum Gasteiger partial charge on any atom is 0.365 e. The summed E-state index contributed by atoms with van der Waals surface area (Å²) in [6.45, 7) is 0. The molecule has 0 aromatic heterocycles. The van der Waals surface area contributed by atoms with Gasteiger partial charge in [0.25, 0.3) is 0 Å². The SMILES string of the molecule is COC(=O)C1C(C(=O)OC)C2(Br)C(Br)=C(Br)C1(Br)C1C2C(F)(F)OC1(F)F. The summed E-state index contributed by atoms with van der Waals surface area (Å²) < 4.78 is 67.4. The molecule has 1 heterocycles. The Labute approximate surface area is 184 Å². The summed E-state index contributed by atoms with van der Waals surface area (Å²) in [6.07, 6.45) is -8.62. The van der Waals surface area contributed by atoms with Crippen molar-refractivity contribution >= 4 is 75.7 Å². The fourth-order valence-corrected chi connectivity index (χ4v) is 8.83. The van der Waals surface area contributed by atoms with E-state index in [9.17, 15) is 27.2 Å². The number of allylic oxidation sites excluding steroid dienone is 2. The second-order valence-electron chi connectivity index (χ2n) is 6.35. The number of methoxy groups -OCH3 is 2. The summed E-state index contributed by atoms with van der Waals surface area (Å²) in [4.78, 5) is 25.1. The summed E-state index contributed by atoms with van der Waals surface area (Å²) in [5, 5.41) is 0. The molecule has 5 nitrogen and oxygen atoms in total. The number of carbonyl (C=O) groups excluding carboxylic acids is 2. The smallest absolute Gasteiger partial charge is 0.365 e. The maximum atomic E-state index is 14.6. The Morgan fingerprint density at radius 1 is 0.852 bits per heavy atom. The van der Waals surface area contributed by atoms with Gasteiger partial charge in [0.05, 0.1) is 46.5 Å². The topological polar surface area (TPSA) is 61.8 Å². The molecule has 0 aromatic rings. The lowest BCUT2D eigenvalue weighted by atomic mass is 9.52. The largest absolute Gasteiger partial charge is 0.469 e. The third kappa shape index (κ3) is 2.53. The molecule has 6 unspecified atom stereocenters. The van der Waals surface area contributed by atoms with Gasteiger partial charge in [-0.2, -0.15) is 17.6 Å². The number of hydrogen-bond donors (Lipinski definition) is 0. The minimum atomic E-state index is -4.31. The summed E-state index contributed by atoms with van der Waals surface area (Å²) >= 11 is 12.4. The maximum absolute atomic E-state index is 14.6. The molecule has 2 bridgehead atoms. The first-order valence-electron chi connectivity index (χ1n) is 7.28. The van der Waals surface area contributed by atoms with Gasteiger partial charge in [0, 0.05) is 8.96 Å². The predicted octanol–water partition coefficient (Wildman–Crippen LogP) is 4.31. The van der Waals surface area contributed by atoms with Crippen LogP contribution in [0.4, 0.5) is 17.6 Å². The van der Waals surface area contributed by atoms with E-state index in [1.807, 2.05) is 0 Å². The van der Waals surface area contributed by atoms with Gasteiger partial charge in [-0.15, -0.1) is 0 Å². The second-order valence-corrected chi connectivity index (χ2v) is 10.6. The van der Waals surface area contributed by atoms with Crippen LogP contribution in [0.1, 0.15) is 0 Å². The first-order chi connectivity index (χ1) is 12.2. The third-order valence-corrected chi connectivity index (χ3v) is 11.7. The minimum absolute atomic E-state index is 0.0374. The molecule has 13 heteroatoms. The van der Waals surface area contributed by atoms with Crippen molar-refractivity contribution in [3.05, 3.63) is 8.96 Å². The van der Waals surface area contributed by atoms with Crippen molar-refractivity contribution in [1.82, 2.24) is 0 Å². The molecule has 6 atom stereocenters. The van der Waals surface area contributed by atoms with Gasteiger partial charge in [-0.3, -0.25) is 14.3 Å². The molecule has 27 heavy (non-hydrogen) atoms. The van der Waals surface area contributed by atoms with Crippen LogP contribution < -0.4 is 0 Å². The number of esters is 2. The van der Waals surface area contributed by atoms with Crippen molar-refractivity contribution in [3.8, 4) is 0 Å². The Balaban J connectivity index is 2.42. The van der Waals surface area contributed by atoms with Crippen LogP contribution in [0.3, 0.4) is 0 Å². The number of halogens is 8.